The van der Waals surface area contributed by atoms with E-state index in [4.69, 9.17) is 5.73 Å². The number of nitrogen functional groups attached to an aromatic ring is 1. The first-order valence-electron chi connectivity index (χ1n) is 5.19. The Bertz CT molecular complexity index is 645. The van der Waals surface area contributed by atoms with E-state index in [1.165, 1.54) is 12.1 Å². The van der Waals surface area contributed by atoms with Crippen molar-refractivity contribution in [1.82, 2.24) is 9.97 Å². The largest absolute Gasteiger partial charge is 0.433 e. The predicted octanol–water partition coefficient (Wildman–Crippen LogP) is 3.72. The summed E-state index contributed by atoms with van der Waals surface area (Å²) in [6.07, 6.45) is -4.65. The monoisotopic (exact) mass is 350 g/mol. The molecule has 1 aromatic heterocycles. The van der Waals surface area contributed by atoms with Crippen LogP contribution in [0.3, 0.4) is 0 Å². The fourth-order valence-electron chi connectivity index (χ4n) is 1.41. The minimum atomic E-state index is -4.65. The van der Waals surface area contributed by atoms with Crippen LogP contribution < -0.4 is 11.1 Å². The molecule has 0 spiro atoms. The number of halogens is 5. The summed E-state index contributed by atoms with van der Waals surface area (Å²) in [5.74, 6) is -1.26. The van der Waals surface area contributed by atoms with Gasteiger partial charge in [0, 0.05) is 10.5 Å². The molecule has 2 rings (SSSR count). The molecule has 0 atom stereocenters. The molecule has 1 heterocycles. The van der Waals surface area contributed by atoms with Gasteiger partial charge in [-0.15, -0.1) is 0 Å². The van der Waals surface area contributed by atoms with Crippen molar-refractivity contribution in [3.8, 4) is 0 Å². The lowest BCUT2D eigenvalue weighted by molar-refractivity contribution is -0.141. The van der Waals surface area contributed by atoms with Gasteiger partial charge in [-0.3, -0.25) is 0 Å². The summed E-state index contributed by atoms with van der Waals surface area (Å²) >= 11 is 3.14. The third-order valence-electron chi connectivity index (χ3n) is 2.23. The highest BCUT2D eigenvalue weighted by Gasteiger charge is 2.33. The van der Waals surface area contributed by atoms with E-state index in [2.05, 4.69) is 31.2 Å². The van der Waals surface area contributed by atoms with Gasteiger partial charge >= 0.3 is 6.18 Å². The smallest absolute Gasteiger partial charge is 0.368 e. The van der Waals surface area contributed by atoms with E-state index in [0.29, 0.717) is 10.5 Å². The molecule has 0 radical (unpaired) electrons. The predicted molar refractivity (Wildman–Crippen MR) is 68.8 cm³/mol. The van der Waals surface area contributed by atoms with E-state index in [-0.39, 0.29) is 11.5 Å². The Morgan fingerprint density at radius 1 is 1.15 bits per heavy atom. The summed E-state index contributed by atoms with van der Waals surface area (Å²) in [5.41, 5.74) is 4.27. The summed E-state index contributed by atoms with van der Waals surface area (Å²) in [6.45, 7) is 0. The number of alkyl halides is 3. The third-order valence-corrected chi connectivity index (χ3v) is 2.92. The van der Waals surface area contributed by atoms with Gasteiger partial charge in [0.15, 0.2) is 5.69 Å². The van der Waals surface area contributed by atoms with Crippen molar-refractivity contribution in [2.75, 3.05) is 11.1 Å². The maximum Gasteiger partial charge on any atom is 0.433 e. The number of aromatic nitrogens is 2. The lowest BCUT2D eigenvalue weighted by atomic mass is 10.3. The SMILES string of the molecule is Nc1nc(Nc2cc(F)ccc2Br)cc(C(F)(F)F)n1. The molecular weight excluding hydrogens is 344 g/mol. The van der Waals surface area contributed by atoms with Gasteiger partial charge in [0.1, 0.15) is 11.6 Å². The van der Waals surface area contributed by atoms with Crippen molar-refractivity contribution >= 4 is 33.4 Å². The Kier molecular flexibility index (Phi) is 3.80. The number of hydrogen-bond acceptors (Lipinski definition) is 4. The van der Waals surface area contributed by atoms with E-state index in [1.54, 1.807) is 0 Å². The Morgan fingerprint density at radius 3 is 2.50 bits per heavy atom. The number of hydrogen-bond donors (Lipinski definition) is 2. The van der Waals surface area contributed by atoms with Crippen molar-refractivity contribution in [1.29, 1.82) is 0 Å². The summed E-state index contributed by atoms with van der Waals surface area (Å²) in [5, 5.41) is 2.55. The van der Waals surface area contributed by atoms with Gasteiger partial charge in [-0.1, -0.05) is 0 Å². The van der Waals surface area contributed by atoms with Crippen molar-refractivity contribution in [2.45, 2.75) is 6.18 Å². The van der Waals surface area contributed by atoms with Crippen LogP contribution in [0.1, 0.15) is 5.69 Å². The second-order valence-corrected chi connectivity index (χ2v) is 4.60. The molecule has 0 aliphatic rings. The van der Waals surface area contributed by atoms with E-state index in [9.17, 15) is 17.6 Å². The van der Waals surface area contributed by atoms with Gasteiger partial charge in [-0.05, 0) is 34.1 Å². The number of rotatable bonds is 2. The number of benzene rings is 1. The Labute approximate surface area is 119 Å². The van der Waals surface area contributed by atoms with Crippen molar-refractivity contribution in [3.05, 3.63) is 40.2 Å². The van der Waals surface area contributed by atoms with Gasteiger partial charge < -0.3 is 11.1 Å². The fraction of sp³-hybridized carbons (Fsp3) is 0.0909. The number of anilines is 3. The lowest BCUT2D eigenvalue weighted by Crippen LogP contribution is -2.12. The average Bonchev–Trinajstić information content (AvgIpc) is 2.32. The van der Waals surface area contributed by atoms with Crippen molar-refractivity contribution in [2.24, 2.45) is 0 Å². The molecule has 0 saturated heterocycles. The average molecular weight is 351 g/mol. The highest BCUT2D eigenvalue weighted by molar-refractivity contribution is 9.10. The molecule has 0 aliphatic heterocycles. The number of nitrogens with two attached hydrogens (primary N) is 1. The second kappa shape index (κ2) is 5.23. The van der Waals surface area contributed by atoms with Gasteiger partial charge in [0.05, 0.1) is 5.69 Å². The molecular formula is C11H7BrF4N4. The molecule has 1 aromatic carbocycles. The molecule has 4 nitrogen and oxygen atoms in total. The Morgan fingerprint density at radius 2 is 1.85 bits per heavy atom. The summed E-state index contributed by atoms with van der Waals surface area (Å²) in [6, 6.07) is 4.40. The zero-order chi connectivity index (χ0) is 14.9. The van der Waals surface area contributed by atoms with Crippen LogP contribution in [0.5, 0.6) is 0 Å². The fourth-order valence-corrected chi connectivity index (χ4v) is 1.75. The first-order chi connectivity index (χ1) is 9.25. The zero-order valence-corrected chi connectivity index (χ0v) is 11.3. The molecule has 0 amide bonds. The Balaban J connectivity index is 2.39. The molecule has 20 heavy (non-hydrogen) atoms. The quantitative estimate of drug-likeness (QED) is 0.810. The van der Waals surface area contributed by atoms with Crippen LogP contribution in [0, 0.1) is 5.82 Å². The molecule has 106 valence electrons. The maximum atomic E-state index is 13.1. The molecule has 0 bridgehead atoms. The van der Waals surface area contributed by atoms with Gasteiger partial charge in [-0.25, -0.2) is 9.37 Å². The van der Waals surface area contributed by atoms with Crippen molar-refractivity contribution < 1.29 is 17.6 Å². The highest BCUT2D eigenvalue weighted by atomic mass is 79.9. The highest BCUT2D eigenvalue weighted by Crippen LogP contribution is 2.31. The second-order valence-electron chi connectivity index (χ2n) is 3.74. The van der Waals surface area contributed by atoms with Gasteiger partial charge in [0.2, 0.25) is 5.95 Å². The van der Waals surface area contributed by atoms with E-state index in [0.717, 1.165) is 6.07 Å². The number of nitrogens with zero attached hydrogens (tertiary/aromatic N) is 2. The first-order valence-corrected chi connectivity index (χ1v) is 5.99. The molecule has 9 heteroatoms. The maximum absolute atomic E-state index is 13.1. The topological polar surface area (TPSA) is 63.8 Å². The molecule has 2 aromatic rings. The molecule has 3 N–H and O–H groups in total. The van der Waals surface area contributed by atoms with E-state index in [1.807, 2.05) is 0 Å². The minimum absolute atomic E-state index is 0.184. The lowest BCUT2D eigenvalue weighted by Gasteiger charge is -2.11. The van der Waals surface area contributed by atoms with E-state index >= 15 is 0 Å². The summed E-state index contributed by atoms with van der Waals surface area (Å²) in [4.78, 5) is 6.73. The van der Waals surface area contributed by atoms with Crippen LogP contribution in [0.4, 0.5) is 35.0 Å². The summed E-state index contributed by atoms with van der Waals surface area (Å²) in [7, 11) is 0. The zero-order valence-electron chi connectivity index (χ0n) is 9.67. The molecule has 0 saturated carbocycles. The van der Waals surface area contributed by atoms with Crippen LogP contribution >= 0.6 is 15.9 Å². The van der Waals surface area contributed by atoms with Crippen molar-refractivity contribution in [3.63, 3.8) is 0 Å². The van der Waals surface area contributed by atoms with Crippen LogP contribution in [-0.2, 0) is 6.18 Å². The normalized spacial score (nSPS) is 11.4. The number of nitrogens with one attached hydrogen (secondary N) is 1. The first kappa shape index (κ1) is 14.5. The molecule has 0 fully saturated rings. The van der Waals surface area contributed by atoms with Crippen LogP contribution in [0.25, 0.3) is 0 Å². The third kappa shape index (κ3) is 3.35. The standard InChI is InChI=1S/C11H7BrF4N4/c12-6-2-1-5(13)3-7(6)18-9-4-8(11(14,15)16)19-10(17)20-9/h1-4H,(H3,17,18,19,20). The minimum Gasteiger partial charge on any atom is -0.368 e. The Hall–Kier alpha value is -1.90. The molecule has 0 aliphatic carbocycles. The molecule has 0 unspecified atom stereocenters. The van der Waals surface area contributed by atoms with Gasteiger partial charge in [-0.2, -0.15) is 18.2 Å². The van der Waals surface area contributed by atoms with Crippen LogP contribution in [0.15, 0.2) is 28.7 Å². The van der Waals surface area contributed by atoms with Gasteiger partial charge in [0.25, 0.3) is 0 Å². The summed E-state index contributed by atoms with van der Waals surface area (Å²) < 4.78 is 51.3. The van der Waals surface area contributed by atoms with E-state index < -0.39 is 23.6 Å². The van der Waals surface area contributed by atoms with Crippen LogP contribution in [0.2, 0.25) is 0 Å². The van der Waals surface area contributed by atoms with Crippen LogP contribution in [-0.4, -0.2) is 9.97 Å².